The lowest BCUT2D eigenvalue weighted by Crippen LogP contribution is -2.50. The molecule has 2 nitrogen and oxygen atoms in total. The van der Waals surface area contributed by atoms with Gasteiger partial charge in [0.05, 0.1) is 11.5 Å². The first-order chi connectivity index (χ1) is 7.01. The van der Waals surface area contributed by atoms with Crippen molar-refractivity contribution >= 4 is 0 Å². The van der Waals surface area contributed by atoms with Crippen LogP contribution in [0.3, 0.4) is 0 Å². The van der Waals surface area contributed by atoms with Crippen molar-refractivity contribution in [1.82, 2.24) is 0 Å². The summed E-state index contributed by atoms with van der Waals surface area (Å²) in [6, 6.07) is 2.37. The van der Waals surface area contributed by atoms with Gasteiger partial charge < -0.3 is 5.11 Å². The van der Waals surface area contributed by atoms with Gasteiger partial charge in [0.2, 0.25) is 0 Å². The summed E-state index contributed by atoms with van der Waals surface area (Å²) in [6.45, 7) is 4.19. The molecule has 80 valence electrons. The van der Waals surface area contributed by atoms with Crippen molar-refractivity contribution < 1.29 is 5.11 Å². The van der Waals surface area contributed by atoms with E-state index in [0.29, 0.717) is 11.8 Å². The molecule has 2 aliphatic carbocycles. The van der Waals surface area contributed by atoms with Crippen LogP contribution in [0.4, 0.5) is 0 Å². The maximum atomic E-state index is 10.5. The Kier molecular flexibility index (Phi) is 2.24. The van der Waals surface area contributed by atoms with Crippen LogP contribution in [0.25, 0.3) is 0 Å². The van der Waals surface area contributed by atoms with Gasteiger partial charge in [-0.1, -0.05) is 38.2 Å². The average molecular weight is 203 g/mol. The van der Waals surface area contributed by atoms with Gasteiger partial charge >= 0.3 is 0 Å². The van der Waals surface area contributed by atoms with Crippen LogP contribution in [0.15, 0.2) is 24.3 Å². The minimum absolute atomic E-state index is 0.378. The molecule has 0 bridgehead atoms. The van der Waals surface area contributed by atoms with Gasteiger partial charge in [0.15, 0.2) is 0 Å². The maximum absolute atomic E-state index is 10.5. The van der Waals surface area contributed by atoms with Gasteiger partial charge in [0, 0.05) is 0 Å². The summed E-state index contributed by atoms with van der Waals surface area (Å²) >= 11 is 0. The second kappa shape index (κ2) is 3.21. The van der Waals surface area contributed by atoms with Crippen LogP contribution >= 0.6 is 0 Å². The SMILES string of the molecule is C[C@@H]1C=CC2(O)C=C[C@H](C)CC2(C#N)C1. The summed E-state index contributed by atoms with van der Waals surface area (Å²) in [4.78, 5) is 0. The van der Waals surface area contributed by atoms with Gasteiger partial charge in [0.25, 0.3) is 0 Å². The largest absolute Gasteiger partial charge is 0.380 e. The highest BCUT2D eigenvalue weighted by Crippen LogP contribution is 2.50. The molecule has 2 aliphatic rings. The molecule has 0 fully saturated rings. The molecule has 15 heavy (non-hydrogen) atoms. The van der Waals surface area contributed by atoms with Crippen molar-refractivity contribution in [2.75, 3.05) is 0 Å². The smallest absolute Gasteiger partial charge is 0.119 e. The molecule has 0 aromatic heterocycles. The molecule has 0 radical (unpaired) electrons. The van der Waals surface area contributed by atoms with Crippen LogP contribution in [-0.2, 0) is 0 Å². The standard InChI is InChI=1S/C13H17NO/c1-10-3-5-13(15)6-4-11(2)8-12(13,7-10)9-14/h3-6,10-11,15H,7-8H2,1-2H3/t10-,11+,12?,13?. The van der Waals surface area contributed by atoms with Crippen molar-refractivity contribution in [3.8, 4) is 6.07 Å². The summed E-state index contributed by atoms with van der Waals surface area (Å²) in [6.07, 6.45) is 9.13. The monoisotopic (exact) mass is 203 g/mol. The summed E-state index contributed by atoms with van der Waals surface area (Å²) in [7, 11) is 0. The fraction of sp³-hybridized carbons (Fsp3) is 0.615. The summed E-state index contributed by atoms with van der Waals surface area (Å²) in [5, 5.41) is 19.9. The highest BCUT2D eigenvalue weighted by molar-refractivity contribution is 5.33. The van der Waals surface area contributed by atoms with Crippen LogP contribution < -0.4 is 0 Å². The topological polar surface area (TPSA) is 44.0 Å². The molecular formula is C13H17NO. The van der Waals surface area contributed by atoms with Crippen LogP contribution in [-0.4, -0.2) is 10.7 Å². The molecule has 0 amide bonds. The Bertz CT molecular complexity index is 339. The lowest BCUT2D eigenvalue weighted by molar-refractivity contribution is -0.00701. The molecule has 0 saturated heterocycles. The van der Waals surface area contributed by atoms with E-state index in [1.165, 1.54) is 0 Å². The van der Waals surface area contributed by atoms with Gasteiger partial charge in [-0.2, -0.15) is 5.26 Å². The van der Waals surface area contributed by atoms with Gasteiger partial charge in [0.1, 0.15) is 5.60 Å². The Morgan fingerprint density at radius 3 is 2.07 bits per heavy atom. The molecular weight excluding hydrogens is 186 g/mol. The number of hydrogen-bond acceptors (Lipinski definition) is 2. The molecule has 2 heteroatoms. The third-order valence-corrected chi connectivity index (χ3v) is 3.68. The first-order valence-corrected chi connectivity index (χ1v) is 5.54. The van der Waals surface area contributed by atoms with E-state index in [1.807, 2.05) is 12.2 Å². The first kappa shape index (κ1) is 10.4. The van der Waals surface area contributed by atoms with Crippen molar-refractivity contribution in [3.05, 3.63) is 24.3 Å². The molecule has 0 aromatic rings. The van der Waals surface area contributed by atoms with Gasteiger partial charge in [-0.05, 0) is 24.7 Å². The van der Waals surface area contributed by atoms with Gasteiger partial charge in [-0.3, -0.25) is 0 Å². The molecule has 2 unspecified atom stereocenters. The Hall–Kier alpha value is -1.07. The predicted molar refractivity (Wildman–Crippen MR) is 58.8 cm³/mol. The van der Waals surface area contributed by atoms with E-state index in [2.05, 4.69) is 19.9 Å². The number of nitrogens with zero attached hydrogens (tertiary/aromatic N) is 1. The van der Waals surface area contributed by atoms with Crippen LogP contribution in [0.5, 0.6) is 0 Å². The zero-order valence-corrected chi connectivity index (χ0v) is 9.27. The third kappa shape index (κ3) is 1.42. The van der Waals surface area contributed by atoms with Crippen molar-refractivity contribution in [3.63, 3.8) is 0 Å². The normalized spacial score (nSPS) is 48.4. The molecule has 0 spiro atoms. The van der Waals surface area contributed by atoms with Crippen molar-refractivity contribution in [1.29, 1.82) is 5.26 Å². The van der Waals surface area contributed by atoms with E-state index >= 15 is 0 Å². The predicted octanol–water partition coefficient (Wildman–Crippen LogP) is 2.42. The number of allylic oxidation sites excluding steroid dienone is 2. The summed E-state index contributed by atoms with van der Waals surface area (Å²) in [5.41, 5.74) is -1.66. The summed E-state index contributed by atoms with van der Waals surface area (Å²) in [5.74, 6) is 0.757. The zero-order valence-electron chi connectivity index (χ0n) is 9.27. The fourth-order valence-corrected chi connectivity index (χ4v) is 2.82. The van der Waals surface area contributed by atoms with E-state index in [1.54, 1.807) is 12.2 Å². The van der Waals surface area contributed by atoms with E-state index < -0.39 is 11.0 Å². The van der Waals surface area contributed by atoms with E-state index in [0.717, 1.165) is 12.8 Å². The average Bonchev–Trinajstić information content (AvgIpc) is 2.20. The molecule has 0 saturated carbocycles. The lowest BCUT2D eigenvalue weighted by atomic mass is 9.58. The minimum atomic E-state index is -1.04. The number of rotatable bonds is 0. The Morgan fingerprint density at radius 2 is 1.67 bits per heavy atom. The fourth-order valence-electron chi connectivity index (χ4n) is 2.82. The van der Waals surface area contributed by atoms with Crippen LogP contribution in [0, 0.1) is 28.6 Å². The molecule has 0 aliphatic heterocycles. The number of fused-ring (bicyclic) bond motifs is 1. The summed E-state index contributed by atoms with van der Waals surface area (Å²) < 4.78 is 0. The first-order valence-electron chi connectivity index (χ1n) is 5.54. The Balaban J connectivity index is 2.50. The highest BCUT2D eigenvalue weighted by Gasteiger charge is 2.52. The van der Waals surface area contributed by atoms with Gasteiger partial charge in [-0.25, -0.2) is 0 Å². The van der Waals surface area contributed by atoms with Crippen molar-refractivity contribution in [2.45, 2.75) is 32.3 Å². The Morgan fingerprint density at radius 1 is 1.20 bits per heavy atom. The molecule has 0 heterocycles. The number of nitriles is 1. The van der Waals surface area contributed by atoms with E-state index in [4.69, 9.17) is 0 Å². The highest BCUT2D eigenvalue weighted by atomic mass is 16.3. The van der Waals surface area contributed by atoms with E-state index in [-0.39, 0.29) is 0 Å². The van der Waals surface area contributed by atoms with Crippen LogP contribution in [0.2, 0.25) is 0 Å². The number of aliphatic hydroxyl groups is 1. The second-order valence-corrected chi connectivity index (χ2v) is 5.10. The zero-order chi connectivity index (χ0) is 11.1. The van der Waals surface area contributed by atoms with Gasteiger partial charge in [-0.15, -0.1) is 0 Å². The van der Waals surface area contributed by atoms with E-state index in [9.17, 15) is 10.4 Å². The molecule has 1 N–H and O–H groups in total. The van der Waals surface area contributed by atoms with Crippen molar-refractivity contribution in [2.24, 2.45) is 17.3 Å². The Labute approximate surface area is 90.9 Å². The minimum Gasteiger partial charge on any atom is -0.380 e. The molecule has 0 aromatic carbocycles. The third-order valence-electron chi connectivity index (χ3n) is 3.68. The number of hydrogen-bond donors (Lipinski definition) is 1. The maximum Gasteiger partial charge on any atom is 0.119 e. The lowest BCUT2D eigenvalue weighted by Gasteiger charge is -2.46. The van der Waals surface area contributed by atoms with Crippen LogP contribution in [0.1, 0.15) is 26.7 Å². The quantitative estimate of drug-likeness (QED) is 0.614. The second-order valence-electron chi connectivity index (χ2n) is 5.10. The molecule has 4 atom stereocenters. The molecule has 2 rings (SSSR count).